The number of nitro benzene ring substituents is 1. The lowest BCUT2D eigenvalue weighted by Gasteiger charge is -2.10. The van der Waals surface area contributed by atoms with Gasteiger partial charge in [-0.25, -0.2) is 0 Å². The zero-order valence-corrected chi connectivity index (χ0v) is 13.3. The third-order valence-electron chi connectivity index (χ3n) is 3.40. The number of benzene rings is 1. The maximum absolute atomic E-state index is 12.3. The molecule has 0 unspecified atom stereocenters. The molecule has 3 rings (SSSR count). The number of fused-ring (bicyclic) bond motifs is 1. The quantitative estimate of drug-likeness (QED) is 0.450. The van der Waals surface area contributed by atoms with Gasteiger partial charge in [0.2, 0.25) is 6.79 Å². The van der Waals surface area contributed by atoms with E-state index in [0.29, 0.717) is 5.75 Å². The van der Waals surface area contributed by atoms with Crippen LogP contribution in [0.25, 0.3) is 6.08 Å². The summed E-state index contributed by atoms with van der Waals surface area (Å²) in [5.41, 5.74) is -0.0653. The Kier molecular flexibility index (Phi) is 4.40. The number of thioether (sulfide) groups is 1. The van der Waals surface area contributed by atoms with Gasteiger partial charge in [-0.15, -0.1) is 0 Å². The summed E-state index contributed by atoms with van der Waals surface area (Å²) in [6.45, 7) is 0.320. The number of carbonyl (C=O) groups is 2. The number of nitrogens with zero attached hydrogens (tertiary/aromatic N) is 2. The first-order valence-electron chi connectivity index (χ1n) is 6.83. The smallest absolute Gasteiger partial charge is 0.293 e. The van der Waals surface area contributed by atoms with Crippen molar-refractivity contribution >= 4 is 34.7 Å². The Hall–Kier alpha value is -2.59. The van der Waals surface area contributed by atoms with Crippen molar-refractivity contribution in [2.75, 3.05) is 27.1 Å². The number of hydrogen-bond donors (Lipinski definition) is 0. The molecule has 1 saturated heterocycles. The number of methoxy groups -OCH3 is 1. The maximum atomic E-state index is 12.3. The molecule has 0 bridgehead atoms. The Labute approximate surface area is 140 Å². The Morgan fingerprint density at radius 1 is 1.38 bits per heavy atom. The number of hydrogen-bond acceptors (Lipinski definition) is 8. The van der Waals surface area contributed by atoms with E-state index < -0.39 is 16.1 Å². The largest absolute Gasteiger partial charge is 0.454 e. The Balaban J connectivity index is 1.95. The van der Waals surface area contributed by atoms with Crippen molar-refractivity contribution in [3.05, 3.63) is 32.7 Å². The molecule has 9 nitrogen and oxygen atoms in total. The first-order chi connectivity index (χ1) is 11.5. The monoisotopic (exact) mass is 352 g/mol. The summed E-state index contributed by atoms with van der Waals surface area (Å²) in [6.07, 6.45) is 1.32. The fourth-order valence-electron chi connectivity index (χ4n) is 2.24. The Bertz CT molecular complexity index is 762. The molecule has 2 heterocycles. The molecule has 2 aliphatic heterocycles. The van der Waals surface area contributed by atoms with Gasteiger partial charge in [-0.05, 0) is 23.9 Å². The van der Waals surface area contributed by atoms with Crippen LogP contribution in [0.4, 0.5) is 10.5 Å². The summed E-state index contributed by atoms with van der Waals surface area (Å²) in [5.74, 6) is 0.117. The van der Waals surface area contributed by atoms with Gasteiger partial charge in [-0.2, -0.15) is 0 Å². The van der Waals surface area contributed by atoms with Crippen LogP contribution in [0.5, 0.6) is 11.5 Å². The summed E-state index contributed by atoms with van der Waals surface area (Å²) in [6, 6.07) is 2.66. The van der Waals surface area contributed by atoms with Crippen LogP contribution in [0.2, 0.25) is 0 Å². The lowest BCUT2D eigenvalue weighted by Crippen LogP contribution is -2.31. The Morgan fingerprint density at radius 3 is 2.75 bits per heavy atom. The molecule has 1 aromatic rings. The molecule has 24 heavy (non-hydrogen) atoms. The predicted octanol–water partition coefficient (Wildman–Crippen LogP) is 2.01. The van der Waals surface area contributed by atoms with Gasteiger partial charge in [0.1, 0.15) is 0 Å². The second kappa shape index (κ2) is 6.49. The first kappa shape index (κ1) is 16.3. The van der Waals surface area contributed by atoms with Gasteiger partial charge in [0.05, 0.1) is 34.6 Å². The predicted molar refractivity (Wildman–Crippen MR) is 83.8 cm³/mol. The molecule has 2 aliphatic rings. The van der Waals surface area contributed by atoms with Crippen molar-refractivity contribution in [3.8, 4) is 11.5 Å². The molecule has 0 saturated carbocycles. The number of nitro groups is 1. The molecule has 0 aliphatic carbocycles. The number of amides is 2. The van der Waals surface area contributed by atoms with Crippen LogP contribution < -0.4 is 9.47 Å². The van der Waals surface area contributed by atoms with Gasteiger partial charge in [0, 0.05) is 7.11 Å². The van der Waals surface area contributed by atoms with E-state index in [4.69, 9.17) is 14.2 Å². The van der Waals surface area contributed by atoms with Crippen molar-refractivity contribution in [1.29, 1.82) is 0 Å². The van der Waals surface area contributed by atoms with Crippen LogP contribution in [-0.2, 0) is 9.53 Å². The summed E-state index contributed by atoms with van der Waals surface area (Å²) in [7, 11) is 1.46. The van der Waals surface area contributed by atoms with Crippen LogP contribution >= 0.6 is 11.8 Å². The number of imide groups is 1. The van der Waals surface area contributed by atoms with Crippen molar-refractivity contribution in [2.45, 2.75) is 0 Å². The van der Waals surface area contributed by atoms with Crippen molar-refractivity contribution in [3.63, 3.8) is 0 Å². The average molecular weight is 352 g/mol. The minimum absolute atomic E-state index is 0.0243. The van der Waals surface area contributed by atoms with Crippen molar-refractivity contribution in [2.24, 2.45) is 0 Å². The molecule has 126 valence electrons. The van der Waals surface area contributed by atoms with Gasteiger partial charge < -0.3 is 14.2 Å². The van der Waals surface area contributed by atoms with Gasteiger partial charge >= 0.3 is 0 Å². The molecule has 0 spiro atoms. The van der Waals surface area contributed by atoms with E-state index in [0.717, 1.165) is 16.7 Å². The van der Waals surface area contributed by atoms with Crippen LogP contribution in [0, 0.1) is 10.1 Å². The highest BCUT2D eigenvalue weighted by Crippen LogP contribution is 2.40. The molecular formula is C14H12N2O7S. The highest BCUT2D eigenvalue weighted by Gasteiger charge is 2.35. The van der Waals surface area contributed by atoms with Crippen molar-refractivity contribution < 1.29 is 28.7 Å². The van der Waals surface area contributed by atoms with E-state index >= 15 is 0 Å². The molecule has 1 aromatic carbocycles. The molecule has 0 radical (unpaired) electrons. The van der Waals surface area contributed by atoms with Crippen LogP contribution in [0.1, 0.15) is 5.56 Å². The van der Waals surface area contributed by atoms with Crippen LogP contribution in [-0.4, -0.2) is 48.0 Å². The Morgan fingerprint density at radius 2 is 2.08 bits per heavy atom. The minimum Gasteiger partial charge on any atom is -0.454 e. The zero-order valence-electron chi connectivity index (χ0n) is 12.5. The van der Waals surface area contributed by atoms with E-state index in [9.17, 15) is 19.7 Å². The number of carbonyl (C=O) groups excluding carboxylic acids is 2. The van der Waals surface area contributed by atoms with E-state index in [1.54, 1.807) is 0 Å². The van der Waals surface area contributed by atoms with Gasteiger partial charge in [-0.1, -0.05) is 0 Å². The summed E-state index contributed by atoms with van der Waals surface area (Å²) in [4.78, 5) is 36.0. The number of rotatable bonds is 5. The number of ether oxygens (including phenoxy) is 3. The standard InChI is InChI=1S/C14H12N2O7S/c1-21-3-2-15-13(17)12(24-14(15)18)5-8-4-10-11(23-7-22-10)6-9(8)16(19)20/h4-6H,2-3,7H2,1H3/b12-5-. The molecule has 1 fully saturated rings. The van der Waals surface area contributed by atoms with Gasteiger partial charge in [0.15, 0.2) is 11.5 Å². The average Bonchev–Trinajstić information content (AvgIpc) is 3.10. The normalized spacial score (nSPS) is 17.9. The van der Waals surface area contributed by atoms with Crippen molar-refractivity contribution in [1.82, 2.24) is 4.90 Å². The third-order valence-corrected chi connectivity index (χ3v) is 4.31. The van der Waals surface area contributed by atoms with E-state index in [1.165, 1.54) is 25.3 Å². The lowest BCUT2D eigenvalue weighted by atomic mass is 10.1. The fraction of sp³-hybridized carbons (Fsp3) is 0.286. The zero-order chi connectivity index (χ0) is 17.3. The third kappa shape index (κ3) is 2.93. The fourth-order valence-corrected chi connectivity index (χ4v) is 3.09. The second-order valence-electron chi connectivity index (χ2n) is 4.85. The highest BCUT2D eigenvalue weighted by molar-refractivity contribution is 8.18. The van der Waals surface area contributed by atoms with Gasteiger partial charge in [0.25, 0.3) is 16.8 Å². The second-order valence-corrected chi connectivity index (χ2v) is 5.84. The minimum atomic E-state index is -0.580. The summed E-state index contributed by atoms with van der Waals surface area (Å²) < 4.78 is 15.2. The van der Waals surface area contributed by atoms with E-state index in [2.05, 4.69) is 0 Å². The summed E-state index contributed by atoms with van der Waals surface area (Å²) in [5, 5.41) is 10.8. The highest BCUT2D eigenvalue weighted by atomic mass is 32.2. The lowest BCUT2D eigenvalue weighted by molar-refractivity contribution is -0.385. The molecule has 0 N–H and O–H groups in total. The molecule has 0 atom stereocenters. The van der Waals surface area contributed by atoms with E-state index in [-0.39, 0.29) is 41.9 Å². The molecule has 0 aromatic heterocycles. The molecule has 10 heteroatoms. The molecule has 2 amide bonds. The first-order valence-corrected chi connectivity index (χ1v) is 7.65. The maximum Gasteiger partial charge on any atom is 0.293 e. The topological polar surface area (TPSA) is 108 Å². The SMILES string of the molecule is COCCN1C(=O)S/C(=C\c2cc3c(cc2[N+](=O)[O-])OCO3)C1=O. The van der Waals surface area contributed by atoms with Crippen LogP contribution in [0.15, 0.2) is 17.0 Å². The van der Waals surface area contributed by atoms with Crippen LogP contribution in [0.3, 0.4) is 0 Å². The van der Waals surface area contributed by atoms with E-state index in [1.807, 2.05) is 0 Å². The van der Waals surface area contributed by atoms with Gasteiger partial charge in [-0.3, -0.25) is 24.6 Å². The molecular weight excluding hydrogens is 340 g/mol. The summed E-state index contributed by atoms with van der Waals surface area (Å²) >= 11 is 0.729.